The fourth-order valence-electron chi connectivity index (χ4n) is 10.4. The second-order valence-electron chi connectivity index (χ2n) is 20.3. The molecule has 14 rings (SSSR count). The van der Waals surface area contributed by atoms with Crippen molar-refractivity contribution in [3.8, 4) is 0 Å². The van der Waals surface area contributed by atoms with Crippen LogP contribution < -0.4 is 20.0 Å². The monoisotopic (exact) mass is 1180 g/mol. The van der Waals surface area contributed by atoms with E-state index >= 15 is 0 Å². The first-order chi connectivity index (χ1) is 42.4. The second kappa shape index (κ2) is 28.3. The van der Waals surface area contributed by atoms with Gasteiger partial charge in [0, 0.05) is 67.0 Å². The van der Waals surface area contributed by atoms with Gasteiger partial charge in [-0.2, -0.15) is 0 Å². The molecule has 0 unspecified atom stereocenters. The lowest BCUT2D eigenvalue weighted by Crippen LogP contribution is -2.14. The first-order valence-corrected chi connectivity index (χ1v) is 30.0. The van der Waals surface area contributed by atoms with Crippen LogP contribution in [0.15, 0.2) is 312 Å². The number of halogens is 3. The maximum absolute atomic E-state index is 7.39. The predicted molar refractivity (Wildman–Crippen MR) is 368 cm³/mol. The zero-order chi connectivity index (χ0) is 59.0. The predicted octanol–water partition coefficient (Wildman–Crippen LogP) is 25.2. The number of hydrogen-bond donors (Lipinski definition) is 1. The van der Waals surface area contributed by atoms with Crippen LogP contribution in [0.25, 0.3) is 43.9 Å². The van der Waals surface area contributed by atoms with Gasteiger partial charge in [-0.05, 0) is 146 Å². The molecule has 2 aromatic heterocycles. The number of furan rings is 2. The molecular formula is C77H63Cl3N4O2. The lowest BCUT2D eigenvalue weighted by atomic mass is 10.1. The summed E-state index contributed by atoms with van der Waals surface area (Å²) in [6, 6.07) is 102. The minimum Gasteiger partial charge on any atom is -0.456 e. The van der Waals surface area contributed by atoms with E-state index in [1.165, 1.54) is 19.3 Å². The van der Waals surface area contributed by atoms with Crippen molar-refractivity contribution in [1.29, 1.82) is 0 Å². The Morgan fingerprint density at radius 1 is 0.291 bits per heavy atom. The molecule has 12 aromatic carbocycles. The molecule has 0 spiro atoms. The quantitative estimate of drug-likeness (QED) is 0.124. The highest BCUT2D eigenvalue weighted by Crippen LogP contribution is 2.48. The molecule has 0 aliphatic carbocycles. The van der Waals surface area contributed by atoms with E-state index in [9.17, 15) is 0 Å². The number of rotatable bonds is 13. The highest BCUT2D eigenvalue weighted by Gasteiger charge is 2.23. The molecular weight excluding hydrogens is 1120 g/mol. The van der Waals surface area contributed by atoms with Gasteiger partial charge in [0.25, 0.3) is 0 Å². The van der Waals surface area contributed by atoms with Crippen LogP contribution in [-0.2, 0) is 0 Å². The average molecular weight is 1180 g/mol. The fourth-order valence-corrected chi connectivity index (χ4v) is 11.1. The summed E-state index contributed by atoms with van der Waals surface area (Å²) in [6.07, 6.45) is 4.08. The second-order valence-corrected chi connectivity index (χ2v) is 21.5. The van der Waals surface area contributed by atoms with E-state index in [2.05, 4.69) is 131 Å². The van der Waals surface area contributed by atoms with Crippen LogP contribution in [0.2, 0.25) is 15.1 Å². The lowest BCUT2D eigenvalue weighted by Gasteiger charge is -2.31. The number of benzene rings is 12. The first kappa shape index (κ1) is 58.1. The SMILES string of the molecule is CCCCC.Clc1c(N(c2ccccc2)c2ccccc2)cccc1N(c1ccccc1)c1ccc2oc3ccccc3c2c1.Clc1cccc(N(c2ccccc2)c2ccccc2)c1Cl.c1ccc(Nc2ccc3oc4ccccc4c3c2)cc1. The number of fused-ring (bicyclic) bond motifs is 6. The summed E-state index contributed by atoms with van der Waals surface area (Å²) in [7, 11) is 0. The fraction of sp³-hybridized carbons (Fsp3) is 0.0649. The third-order valence-electron chi connectivity index (χ3n) is 14.4. The van der Waals surface area contributed by atoms with Crippen LogP contribution in [0, 0.1) is 0 Å². The molecule has 1 N–H and O–H groups in total. The van der Waals surface area contributed by atoms with Gasteiger partial charge in [0.05, 0.1) is 32.1 Å². The lowest BCUT2D eigenvalue weighted by molar-refractivity contribution is 0.668. The molecule has 0 amide bonds. The Morgan fingerprint density at radius 2 is 0.640 bits per heavy atom. The van der Waals surface area contributed by atoms with Crippen molar-refractivity contribution in [2.75, 3.05) is 20.0 Å². The molecule has 424 valence electrons. The normalized spacial score (nSPS) is 10.8. The van der Waals surface area contributed by atoms with E-state index in [1.807, 2.05) is 200 Å². The van der Waals surface area contributed by atoms with Crippen LogP contribution >= 0.6 is 34.8 Å². The van der Waals surface area contributed by atoms with Gasteiger partial charge < -0.3 is 28.9 Å². The van der Waals surface area contributed by atoms with Gasteiger partial charge >= 0.3 is 0 Å². The smallest absolute Gasteiger partial charge is 0.135 e. The maximum Gasteiger partial charge on any atom is 0.135 e. The Kier molecular flexibility index (Phi) is 19.1. The van der Waals surface area contributed by atoms with Crippen molar-refractivity contribution in [3.05, 3.63) is 318 Å². The molecule has 0 bridgehead atoms. The minimum absolute atomic E-state index is 0.547. The van der Waals surface area contributed by atoms with Gasteiger partial charge in [-0.25, -0.2) is 0 Å². The van der Waals surface area contributed by atoms with Crippen LogP contribution in [-0.4, -0.2) is 0 Å². The highest BCUT2D eigenvalue weighted by atomic mass is 35.5. The summed E-state index contributed by atoms with van der Waals surface area (Å²) in [4.78, 5) is 6.50. The van der Waals surface area contributed by atoms with Crippen molar-refractivity contribution in [3.63, 3.8) is 0 Å². The number of anilines is 11. The summed E-state index contributed by atoms with van der Waals surface area (Å²) in [5, 5.41) is 9.60. The van der Waals surface area contributed by atoms with Crippen LogP contribution in [0.5, 0.6) is 0 Å². The van der Waals surface area contributed by atoms with Crippen LogP contribution in [0.3, 0.4) is 0 Å². The van der Waals surface area contributed by atoms with E-state index in [0.717, 1.165) is 106 Å². The molecule has 0 aliphatic heterocycles. The molecule has 0 saturated carbocycles. The summed E-state index contributed by atoms with van der Waals surface area (Å²) in [5.74, 6) is 0. The van der Waals surface area contributed by atoms with Crippen LogP contribution in [0.1, 0.15) is 33.1 Å². The molecule has 0 aliphatic rings. The third-order valence-corrected chi connectivity index (χ3v) is 15.6. The summed E-state index contributed by atoms with van der Waals surface area (Å²) < 4.78 is 11.9. The zero-order valence-electron chi connectivity index (χ0n) is 47.8. The summed E-state index contributed by atoms with van der Waals surface area (Å²) in [5.41, 5.74) is 14.5. The molecule has 0 saturated heterocycles. The highest BCUT2D eigenvalue weighted by molar-refractivity contribution is 6.44. The van der Waals surface area contributed by atoms with E-state index in [1.54, 1.807) is 6.07 Å². The van der Waals surface area contributed by atoms with Crippen molar-refractivity contribution in [1.82, 2.24) is 0 Å². The van der Waals surface area contributed by atoms with E-state index in [4.69, 9.17) is 43.6 Å². The minimum atomic E-state index is 0.547. The van der Waals surface area contributed by atoms with Crippen LogP contribution in [0.4, 0.5) is 62.6 Å². The standard InChI is InChI=1S/C36H25ClN2O.C18H13Cl2N.C18H13NO.C5H12/c37-36-32(38(26-13-4-1-5-14-26)27-15-6-2-7-16-27)20-12-21-33(36)39(28-17-8-3-9-18-28)29-23-24-35-31(25-29)30-19-10-11-22-34(30)40-35;19-16-12-7-13-17(18(16)20)21(14-8-3-1-4-9-14)15-10-5-2-6-11-15;1-2-6-13(7-3-1)19-14-10-11-18-16(12-14)15-8-4-5-9-17(15)20-18;1-3-5-4-2/h1-25H;1-13H;1-12,19H;3-5H2,1-2H3. The number of nitrogens with zero attached hydrogens (tertiary/aromatic N) is 3. The van der Waals surface area contributed by atoms with E-state index in [-0.39, 0.29) is 0 Å². The molecule has 2 heterocycles. The largest absolute Gasteiger partial charge is 0.456 e. The number of para-hydroxylation sites is 8. The Bertz CT molecular complexity index is 4350. The van der Waals surface area contributed by atoms with Gasteiger partial charge in [0.15, 0.2) is 0 Å². The Morgan fingerprint density at radius 3 is 1.07 bits per heavy atom. The van der Waals surface area contributed by atoms with Gasteiger partial charge in [-0.3, -0.25) is 0 Å². The van der Waals surface area contributed by atoms with Crippen molar-refractivity contribution < 1.29 is 8.83 Å². The van der Waals surface area contributed by atoms with Crippen molar-refractivity contribution in [2.45, 2.75) is 33.1 Å². The number of unbranched alkanes of at least 4 members (excludes halogenated alkanes) is 2. The molecule has 6 nitrogen and oxygen atoms in total. The molecule has 0 radical (unpaired) electrons. The third kappa shape index (κ3) is 13.5. The van der Waals surface area contributed by atoms with E-state index < -0.39 is 0 Å². The van der Waals surface area contributed by atoms with Gasteiger partial charge in [0.2, 0.25) is 0 Å². The average Bonchev–Trinajstić information content (AvgIpc) is 2.21. The number of hydrogen-bond acceptors (Lipinski definition) is 6. The van der Waals surface area contributed by atoms with Gasteiger partial charge in [-0.1, -0.05) is 226 Å². The first-order valence-electron chi connectivity index (χ1n) is 28.9. The number of nitrogens with one attached hydrogen (secondary N) is 1. The topological polar surface area (TPSA) is 48.0 Å². The van der Waals surface area contributed by atoms with Crippen molar-refractivity contribution in [2.24, 2.45) is 0 Å². The van der Waals surface area contributed by atoms with E-state index in [0.29, 0.717) is 15.1 Å². The Balaban J connectivity index is 0.000000140. The summed E-state index contributed by atoms with van der Waals surface area (Å²) in [6.45, 7) is 4.42. The maximum atomic E-state index is 7.39. The zero-order valence-corrected chi connectivity index (χ0v) is 50.0. The molecule has 86 heavy (non-hydrogen) atoms. The Hall–Kier alpha value is -9.69. The molecule has 14 aromatic rings. The van der Waals surface area contributed by atoms with Gasteiger partial charge in [-0.15, -0.1) is 0 Å². The summed E-state index contributed by atoms with van der Waals surface area (Å²) >= 11 is 20.0. The molecule has 9 heteroatoms. The van der Waals surface area contributed by atoms with Crippen molar-refractivity contribution >= 4 is 141 Å². The molecule has 0 fully saturated rings. The van der Waals surface area contributed by atoms with Gasteiger partial charge in [0.1, 0.15) is 22.3 Å². The molecule has 0 atom stereocenters. The Labute approximate surface area is 518 Å².